The smallest absolute Gasteiger partial charge is 0.257 e. The van der Waals surface area contributed by atoms with Crippen LogP contribution in [0.25, 0.3) is 27.8 Å². The summed E-state index contributed by atoms with van der Waals surface area (Å²) in [6, 6.07) is 15.2. The number of nitrogens with zero attached hydrogens (tertiary/aromatic N) is 5. The van der Waals surface area contributed by atoms with Gasteiger partial charge in [0.25, 0.3) is 5.91 Å². The molecule has 3 heterocycles. The van der Waals surface area contributed by atoms with Crippen LogP contribution in [-0.2, 0) is 0 Å². The van der Waals surface area contributed by atoms with Gasteiger partial charge in [-0.05, 0) is 41.6 Å². The van der Waals surface area contributed by atoms with Gasteiger partial charge >= 0.3 is 0 Å². The van der Waals surface area contributed by atoms with E-state index in [-0.39, 0.29) is 5.91 Å². The van der Waals surface area contributed by atoms with E-state index in [4.69, 9.17) is 0 Å². The summed E-state index contributed by atoms with van der Waals surface area (Å²) in [6.07, 6.45) is 1.48. The number of aromatic nitrogens is 6. The minimum atomic E-state index is -0.239. The van der Waals surface area contributed by atoms with Gasteiger partial charge in [-0.1, -0.05) is 24.3 Å². The van der Waals surface area contributed by atoms with Crippen LogP contribution in [0.15, 0.2) is 60.2 Å². The number of amides is 1. The SMILES string of the molecule is Cc1[nH]c2ccccc2c1-c1csc(NC(=O)c2cccc(-n3cnnn3)c2)n1. The van der Waals surface area contributed by atoms with E-state index in [0.29, 0.717) is 16.4 Å². The molecule has 5 rings (SSSR count). The highest BCUT2D eigenvalue weighted by atomic mass is 32.1. The van der Waals surface area contributed by atoms with Crippen LogP contribution in [0.1, 0.15) is 16.1 Å². The number of aromatic amines is 1. The number of carbonyl (C=O) groups is 1. The zero-order valence-electron chi connectivity index (χ0n) is 15.3. The number of rotatable bonds is 4. The number of hydrogen-bond donors (Lipinski definition) is 2. The Kier molecular flexibility index (Phi) is 4.14. The number of fused-ring (bicyclic) bond motifs is 1. The van der Waals surface area contributed by atoms with Crippen molar-refractivity contribution < 1.29 is 4.79 Å². The first kappa shape index (κ1) is 17.3. The van der Waals surface area contributed by atoms with Gasteiger partial charge in [-0.2, -0.15) is 0 Å². The number of H-pyrrole nitrogens is 1. The molecule has 0 aliphatic heterocycles. The van der Waals surface area contributed by atoms with Crippen LogP contribution in [0.4, 0.5) is 5.13 Å². The summed E-state index contributed by atoms with van der Waals surface area (Å²) in [5.41, 5.74) is 5.21. The summed E-state index contributed by atoms with van der Waals surface area (Å²) < 4.78 is 1.50. The van der Waals surface area contributed by atoms with Gasteiger partial charge in [-0.25, -0.2) is 9.67 Å². The fraction of sp³-hybridized carbons (Fsp3) is 0.0500. The molecule has 0 spiro atoms. The van der Waals surface area contributed by atoms with Crippen LogP contribution in [0.5, 0.6) is 0 Å². The van der Waals surface area contributed by atoms with Gasteiger partial charge in [0, 0.05) is 33.1 Å². The molecule has 0 saturated heterocycles. The highest BCUT2D eigenvalue weighted by molar-refractivity contribution is 7.14. The molecule has 29 heavy (non-hydrogen) atoms. The van der Waals surface area contributed by atoms with Gasteiger partial charge in [-0.15, -0.1) is 16.4 Å². The van der Waals surface area contributed by atoms with E-state index in [2.05, 4.69) is 36.9 Å². The van der Waals surface area contributed by atoms with Gasteiger partial charge in [0.1, 0.15) is 6.33 Å². The van der Waals surface area contributed by atoms with E-state index >= 15 is 0 Å². The first-order valence-corrected chi connectivity index (χ1v) is 9.75. The lowest BCUT2D eigenvalue weighted by Gasteiger charge is -2.04. The average molecular weight is 401 g/mol. The van der Waals surface area contributed by atoms with Gasteiger partial charge in [0.05, 0.1) is 11.4 Å². The predicted octanol–water partition coefficient (Wildman–Crippen LogP) is 3.83. The monoisotopic (exact) mass is 401 g/mol. The highest BCUT2D eigenvalue weighted by Gasteiger charge is 2.15. The Morgan fingerprint density at radius 1 is 1.17 bits per heavy atom. The molecular weight excluding hydrogens is 386 g/mol. The molecule has 8 nitrogen and oxygen atoms in total. The summed E-state index contributed by atoms with van der Waals surface area (Å²) in [6.45, 7) is 2.03. The summed E-state index contributed by atoms with van der Waals surface area (Å²) in [4.78, 5) is 20.7. The number of aryl methyl sites for hydroxylation is 1. The van der Waals surface area contributed by atoms with Gasteiger partial charge in [0.2, 0.25) is 0 Å². The van der Waals surface area contributed by atoms with Crippen LogP contribution in [-0.4, -0.2) is 36.1 Å². The van der Waals surface area contributed by atoms with E-state index in [0.717, 1.165) is 27.9 Å². The second-order valence-electron chi connectivity index (χ2n) is 6.47. The average Bonchev–Trinajstić information content (AvgIpc) is 3.47. The summed E-state index contributed by atoms with van der Waals surface area (Å²) >= 11 is 1.40. The predicted molar refractivity (Wildman–Crippen MR) is 111 cm³/mol. The largest absolute Gasteiger partial charge is 0.358 e. The maximum absolute atomic E-state index is 12.7. The molecule has 3 aromatic heterocycles. The molecule has 142 valence electrons. The van der Waals surface area contributed by atoms with Crippen molar-refractivity contribution in [3.63, 3.8) is 0 Å². The number of nitrogens with one attached hydrogen (secondary N) is 2. The molecular formula is C20H15N7OS. The first-order valence-electron chi connectivity index (χ1n) is 8.87. The minimum absolute atomic E-state index is 0.239. The molecule has 1 amide bonds. The highest BCUT2D eigenvalue weighted by Crippen LogP contribution is 2.33. The zero-order valence-corrected chi connectivity index (χ0v) is 16.1. The maximum atomic E-state index is 12.7. The maximum Gasteiger partial charge on any atom is 0.257 e. The number of thiazole rings is 1. The van der Waals surface area contributed by atoms with Gasteiger partial charge < -0.3 is 4.98 Å². The summed E-state index contributed by atoms with van der Waals surface area (Å²) in [5, 5.41) is 17.6. The number of para-hydroxylation sites is 1. The van der Waals surface area contributed by atoms with Crippen LogP contribution >= 0.6 is 11.3 Å². The molecule has 0 fully saturated rings. The quantitative estimate of drug-likeness (QED) is 0.477. The Morgan fingerprint density at radius 3 is 2.93 bits per heavy atom. The van der Waals surface area contributed by atoms with Gasteiger partial charge in [-0.3, -0.25) is 10.1 Å². The molecule has 0 saturated carbocycles. The van der Waals surface area contributed by atoms with Crippen LogP contribution in [0.2, 0.25) is 0 Å². The normalized spacial score (nSPS) is 11.1. The van der Waals surface area contributed by atoms with Crippen molar-refractivity contribution in [1.29, 1.82) is 0 Å². The molecule has 0 unspecified atom stereocenters. The van der Waals surface area contributed by atoms with E-state index in [1.807, 2.05) is 36.6 Å². The van der Waals surface area contributed by atoms with E-state index in [1.165, 1.54) is 22.3 Å². The molecule has 0 atom stereocenters. The van der Waals surface area contributed by atoms with Gasteiger partial charge in [0.15, 0.2) is 5.13 Å². The fourth-order valence-corrected chi connectivity index (χ4v) is 3.99. The third-order valence-corrected chi connectivity index (χ3v) is 5.35. The van der Waals surface area contributed by atoms with Crippen molar-refractivity contribution in [2.45, 2.75) is 6.92 Å². The van der Waals surface area contributed by atoms with Crippen molar-refractivity contribution in [3.8, 4) is 16.9 Å². The van der Waals surface area contributed by atoms with Crippen molar-refractivity contribution in [3.05, 3.63) is 71.5 Å². The van der Waals surface area contributed by atoms with Crippen molar-refractivity contribution in [1.82, 2.24) is 30.2 Å². The lowest BCUT2D eigenvalue weighted by atomic mass is 10.1. The third kappa shape index (κ3) is 3.17. The second kappa shape index (κ2) is 6.95. The Bertz CT molecular complexity index is 1320. The number of tetrazole rings is 1. The molecule has 0 aliphatic rings. The standard InChI is InChI=1S/C20H15N7OS/c1-12-18(15-7-2-3-8-16(15)22-12)17-10-29-20(23-17)24-19(28)13-5-4-6-14(9-13)27-11-21-25-26-27/h2-11,22H,1H3,(H,23,24,28). The van der Waals surface area contributed by atoms with Crippen LogP contribution in [0.3, 0.4) is 0 Å². The topological polar surface area (TPSA) is 101 Å². The molecule has 9 heteroatoms. The number of anilines is 1. The molecule has 2 aromatic carbocycles. The third-order valence-electron chi connectivity index (χ3n) is 4.60. The second-order valence-corrected chi connectivity index (χ2v) is 7.33. The van der Waals surface area contributed by atoms with Crippen molar-refractivity contribution in [2.24, 2.45) is 0 Å². The number of benzene rings is 2. The van der Waals surface area contributed by atoms with Crippen LogP contribution in [0, 0.1) is 6.92 Å². The molecule has 0 bridgehead atoms. The fourth-order valence-electron chi connectivity index (χ4n) is 3.29. The number of carbonyl (C=O) groups excluding carboxylic acids is 1. The summed E-state index contributed by atoms with van der Waals surface area (Å²) in [7, 11) is 0. The van der Waals surface area contributed by atoms with E-state index in [9.17, 15) is 4.79 Å². The minimum Gasteiger partial charge on any atom is -0.358 e. The van der Waals surface area contributed by atoms with E-state index < -0.39 is 0 Å². The Morgan fingerprint density at radius 2 is 2.07 bits per heavy atom. The van der Waals surface area contributed by atoms with E-state index in [1.54, 1.807) is 18.2 Å². The zero-order chi connectivity index (χ0) is 19.8. The molecule has 2 N–H and O–H groups in total. The Balaban J connectivity index is 1.41. The molecule has 0 radical (unpaired) electrons. The van der Waals surface area contributed by atoms with Crippen molar-refractivity contribution in [2.75, 3.05) is 5.32 Å². The number of hydrogen-bond acceptors (Lipinski definition) is 6. The Hall–Kier alpha value is -3.85. The van der Waals surface area contributed by atoms with Crippen molar-refractivity contribution >= 4 is 33.3 Å². The Labute approximate surface area is 169 Å². The lowest BCUT2D eigenvalue weighted by Crippen LogP contribution is -2.12. The first-order chi connectivity index (χ1) is 14.2. The lowest BCUT2D eigenvalue weighted by molar-refractivity contribution is 0.102. The molecule has 5 aromatic rings. The van der Waals surface area contributed by atoms with Crippen LogP contribution < -0.4 is 5.32 Å². The summed E-state index contributed by atoms with van der Waals surface area (Å²) in [5.74, 6) is -0.239. The molecule has 0 aliphatic carbocycles.